The second kappa shape index (κ2) is 9.79. The maximum Gasteiger partial charge on any atom is 0.227 e. The largest absolute Gasteiger partial charge is 0.494 e. The first kappa shape index (κ1) is 22.9. The van der Waals surface area contributed by atoms with Gasteiger partial charge in [0.05, 0.1) is 30.5 Å². The van der Waals surface area contributed by atoms with E-state index in [-0.39, 0.29) is 0 Å². The van der Waals surface area contributed by atoms with Gasteiger partial charge in [0, 0.05) is 62.5 Å². The molecule has 0 spiro atoms. The topological polar surface area (TPSA) is 103 Å². The zero-order valence-electron chi connectivity index (χ0n) is 20.4. The molecule has 1 fully saturated rings. The van der Waals surface area contributed by atoms with Gasteiger partial charge in [-0.1, -0.05) is 0 Å². The van der Waals surface area contributed by atoms with Gasteiger partial charge in [-0.2, -0.15) is 0 Å². The van der Waals surface area contributed by atoms with Crippen LogP contribution in [0, 0.1) is 5.41 Å². The molecule has 0 atom stereocenters. The Labute approximate surface area is 205 Å². The number of methoxy groups -OCH3 is 1. The van der Waals surface area contributed by atoms with Crippen molar-refractivity contribution in [2.45, 2.75) is 12.8 Å². The fourth-order valence-corrected chi connectivity index (χ4v) is 4.62. The summed E-state index contributed by atoms with van der Waals surface area (Å²) in [6.07, 6.45) is 4.84. The number of benzene rings is 1. The fourth-order valence-electron chi connectivity index (χ4n) is 4.62. The summed E-state index contributed by atoms with van der Waals surface area (Å²) in [5, 5.41) is 15.2. The van der Waals surface area contributed by atoms with Crippen LogP contribution in [0.25, 0.3) is 11.3 Å². The van der Waals surface area contributed by atoms with Crippen molar-refractivity contribution < 1.29 is 9.15 Å². The molecule has 0 bridgehead atoms. The predicted molar refractivity (Wildman–Crippen MR) is 139 cm³/mol. The van der Waals surface area contributed by atoms with Crippen molar-refractivity contribution in [2.24, 2.45) is 0 Å². The maximum atomic E-state index is 8.65. The Hall–Kier alpha value is -3.85. The zero-order chi connectivity index (χ0) is 24.4. The van der Waals surface area contributed by atoms with Crippen molar-refractivity contribution in [3.05, 3.63) is 59.8 Å². The first-order valence-corrected chi connectivity index (χ1v) is 11.9. The molecule has 1 aliphatic heterocycles. The number of fused-ring (bicyclic) bond motifs is 1. The molecule has 1 aromatic carbocycles. The molecule has 9 heteroatoms. The van der Waals surface area contributed by atoms with Crippen LogP contribution in [0.15, 0.2) is 47.2 Å². The van der Waals surface area contributed by atoms with E-state index in [0.717, 1.165) is 72.3 Å². The van der Waals surface area contributed by atoms with E-state index in [9.17, 15) is 0 Å². The monoisotopic (exact) mass is 473 g/mol. The Morgan fingerprint density at radius 1 is 1.14 bits per heavy atom. The third-order valence-electron chi connectivity index (χ3n) is 6.62. The number of nitrogens with zero attached hydrogens (tertiary/aromatic N) is 4. The van der Waals surface area contributed by atoms with Crippen LogP contribution in [-0.4, -0.2) is 68.0 Å². The van der Waals surface area contributed by atoms with E-state index in [0.29, 0.717) is 23.8 Å². The smallest absolute Gasteiger partial charge is 0.227 e. The number of furan rings is 1. The Bertz CT molecular complexity index is 1240. The number of likely N-dealkylation sites (N-methyl/N-ethyl adjacent to an activating group) is 1. The summed E-state index contributed by atoms with van der Waals surface area (Å²) < 4.78 is 11.3. The molecule has 0 unspecified atom stereocenters. The normalized spacial score (nSPS) is 17.7. The molecule has 1 aliphatic carbocycles. The van der Waals surface area contributed by atoms with Gasteiger partial charge in [0.25, 0.3) is 0 Å². The van der Waals surface area contributed by atoms with Crippen molar-refractivity contribution in [1.29, 1.82) is 5.41 Å². The van der Waals surface area contributed by atoms with Crippen LogP contribution in [0.1, 0.15) is 23.4 Å². The minimum atomic E-state index is 0.455. The summed E-state index contributed by atoms with van der Waals surface area (Å²) in [5.74, 6) is 1.86. The number of nitrogens with one attached hydrogen (secondary N) is 3. The van der Waals surface area contributed by atoms with Gasteiger partial charge in [-0.25, -0.2) is 9.97 Å². The molecule has 5 rings (SSSR count). The SMILES string of the molecule is CN/C(=C1\C(=N)CCc2cnc(Nc3ccc(N4CCN(C)CC4)cc3OC)nc21)c1ccco1. The molecule has 3 heterocycles. The van der Waals surface area contributed by atoms with Gasteiger partial charge in [0.15, 0.2) is 0 Å². The molecule has 2 aliphatic rings. The van der Waals surface area contributed by atoms with Gasteiger partial charge in [0.2, 0.25) is 5.95 Å². The number of rotatable bonds is 6. The number of hydrogen-bond acceptors (Lipinski definition) is 9. The average molecular weight is 474 g/mol. The van der Waals surface area contributed by atoms with E-state index in [2.05, 4.69) is 44.6 Å². The fraction of sp³-hybridized carbons (Fsp3) is 0.346. The van der Waals surface area contributed by atoms with Crippen molar-refractivity contribution in [1.82, 2.24) is 20.2 Å². The van der Waals surface area contributed by atoms with E-state index in [4.69, 9.17) is 19.5 Å². The molecule has 0 saturated carbocycles. The minimum absolute atomic E-state index is 0.455. The molecule has 0 amide bonds. The van der Waals surface area contributed by atoms with E-state index < -0.39 is 0 Å². The van der Waals surface area contributed by atoms with Crippen LogP contribution >= 0.6 is 0 Å². The second-order valence-corrected chi connectivity index (χ2v) is 8.82. The lowest BCUT2D eigenvalue weighted by Gasteiger charge is -2.34. The van der Waals surface area contributed by atoms with Crippen molar-refractivity contribution in [2.75, 3.05) is 57.6 Å². The molecule has 3 N–H and O–H groups in total. The average Bonchev–Trinajstić information content (AvgIpc) is 3.41. The molecule has 9 nitrogen and oxygen atoms in total. The van der Waals surface area contributed by atoms with Gasteiger partial charge in [0.1, 0.15) is 11.5 Å². The second-order valence-electron chi connectivity index (χ2n) is 8.82. The van der Waals surface area contributed by atoms with Gasteiger partial charge < -0.3 is 35.0 Å². The van der Waals surface area contributed by atoms with E-state index >= 15 is 0 Å². The van der Waals surface area contributed by atoms with Crippen molar-refractivity contribution in [3.63, 3.8) is 0 Å². The zero-order valence-corrected chi connectivity index (χ0v) is 20.4. The molecular weight excluding hydrogens is 442 g/mol. The molecule has 35 heavy (non-hydrogen) atoms. The number of ether oxygens (including phenoxy) is 1. The van der Waals surface area contributed by atoms with E-state index in [1.807, 2.05) is 31.4 Å². The lowest BCUT2D eigenvalue weighted by atomic mass is 9.88. The standard InChI is InChI=1S/C26H31N7O2/c1-28-25(21-5-4-14-35-21)23-19(27)8-6-17-16-29-26(31-24(17)23)30-20-9-7-18(15-22(20)34-3)33-12-10-32(2)11-13-33/h4-5,7,9,14-16,27-28H,6,8,10-13H2,1-3H3,(H,29,30,31)/b25-23+,27-19?. The third kappa shape index (κ3) is 4.59. The predicted octanol–water partition coefficient (Wildman–Crippen LogP) is 3.63. The van der Waals surface area contributed by atoms with E-state index in [1.165, 1.54) is 0 Å². The highest BCUT2D eigenvalue weighted by Gasteiger charge is 2.26. The lowest BCUT2D eigenvalue weighted by molar-refractivity contribution is 0.312. The molecule has 0 radical (unpaired) electrons. The highest BCUT2D eigenvalue weighted by Crippen LogP contribution is 2.35. The molecular formula is C26H31N7O2. The van der Waals surface area contributed by atoms with Crippen LogP contribution < -0.4 is 20.3 Å². The molecule has 2 aromatic heterocycles. The van der Waals surface area contributed by atoms with Crippen LogP contribution in [0.3, 0.4) is 0 Å². The summed E-state index contributed by atoms with van der Waals surface area (Å²) in [5.41, 5.74) is 5.71. The van der Waals surface area contributed by atoms with Gasteiger partial charge in [-0.15, -0.1) is 0 Å². The Morgan fingerprint density at radius 3 is 2.69 bits per heavy atom. The number of anilines is 3. The van der Waals surface area contributed by atoms with Gasteiger partial charge in [-0.05, 0) is 49.7 Å². The van der Waals surface area contributed by atoms with Gasteiger partial charge in [-0.3, -0.25) is 0 Å². The quantitative estimate of drug-likeness (QED) is 0.499. The van der Waals surface area contributed by atoms with Crippen LogP contribution in [0.2, 0.25) is 0 Å². The number of allylic oxidation sites excluding steroid dienone is 1. The molecule has 182 valence electrons. The van der Waals surface area contributed by atoms with Crippen LogP contribution in [0.5, 0.6) is 5.75 Å². The van der Waals surface area contributed by atoms with E-state index in [1.54, 1.807) is 13.4 Å². The van der Waals surface area contributed by atoms with Crippen LogP contribution in [-0.2, 0) is 6.42 Å². The lowest BCUT2D eigenvalue weighted by Crippen LogP contribution is -2.44. The number of aromatic nitrogens is 2. The van der Waals surface area contributed by atoms with Crippen molar-refractivity contribution in [3.8, 4) is 5.75 Å². The summed E-state index contributed by atoms with van der Waals surface area (Å²) in [4.78, 5) is 14.1. The number of aryl methyl sites for hydroxylation is 1. The highest BCUT2D eigenvalue weighted by atomic mass is 16.5. The summed E-state index contributed by atoms with van der Waals surface area (Å²) >= 11 is 0. The third-order valence-corrected chi connectivity index (χ3v) is 6.62. The first-order chi connectivity index (χ1) is 17.1. The van der Waals surface area contributed by atoms with Crippen molar-refractivity contribution >= 4 is 34.3 Å². The maximum absolute atomic E-state index is 8.65. The minimum Gasteiger partial charge on any atom is -0.494 e. The van der Waals surface area contributed by atoms with Crippen LogP contribution in [0.4, 0.5) is 17.3 Å². The molecule has 3 aromatic rings. The van der Waals surface area contributed by atoms with Gasteiger partial charge >= 0.3 is 0 Å². The Morgan fingerprint density at radius 2 is 1.97 bits per heavy atom. The summed E-state index contributed by atoms with van der Waals surface area (Å²) in [6, 6.07) is 9.89. The number of piperazine rings is 1. The highest BCUT2D eigenvalue weighted by molar-refractivity contribution is 6.29. The number of hydrogen-bond donors (Lipinski definition) is 3. The summed E-state index contributed by atoms with van der Waals surface area (Å²) in [6.45, 7) is 4.07. The first-order valence-electron chi connectivity index (χ1n) is 11.9. The Balaban J connectivity index is 1.47. The Kier molecular flexibility index (Phi) is 6.41. The molecule has 1 saturated heterocycles. The summed E-state index contributed by atoms with van der Waals surface area (Å²) in [7, 11) is 5.66.